The van der Waals surface area contributed by atoms with E-state index in [0.29, 0.717) is 22.7 Å². The van der Waals surface area contributed by atoms with Gasteiger partial charge in [-0.2, -0.15) is 0 Å². The molecule has 3 aromatic rings. The zero-order chi connectivity index (χ0) is 16.4. The summed E-state index contributed by atoms with van der Waals surface area (Å²) in [6, 6.07) is 14.2. The Morgan fingerprint density at radius 2 is 1.96 bits per heavy atom. The van der Waals surface area contributed by atoms with Gasteiger partial charge in [0.1, 0.15) is 11.6 Å². The Hall–Kier alpha value is -2.79. The van der Waals surface area contributed by atoms with Crippen molar-refractivity contribution in [2.45, 2.75) is 0 Å². The molecule has 1 aromatic heterocycles. The van der Waals surface area contributed by atoms with Gasteiger partial charge >= 0.3 is 0 Å². The number of amides is 1. The first kappa shape index (κ1) is 15.1. The maximum atomic E-state index is 13.2. The number of nitrogens with two attached hydrogens (primary N) is 1. The normalized spacial score (nSPS) is 10.5. The summed E-state index contributed by atoms with van der Waals surface area (Å²) in [7, 11) is 0. The summed E-state index contributed by atoms with van der Waals surface area (Å²) in [6.45, 7) is 0. The summed E-state index contributed by atoms with van der Waals surface area (Å²) in [5.74, 6) is -0.371. The number of halogens is 2. The SMILES string of the molecule is Nc1cccc(NC(=O)c2ccc(-c3ccc(F)c(Cl)c3)o2)c1. The number of nitrogen functional groups attached to an aromatic ring is 1. The molecule has 1 heterocycles. The Labute approximate surface area is 136 Å². The van der Waals surface area contributed by atoms with Crippen molar-refractivity contribution in [2.24, 2.45) is 0 Å². The van der Waals surface area contributed by atoms with E-state index >= 15 is 0 Å². The van der Waals surface area contributed by atoms with Gasteiger partial charge in [0, 0.05) is 16.9 Å². The minimum atomic E-state index is -0.512. The fourth-order valence-corrected chi connectivity index (χ4v) is 2.25. The van der Waals surface area contributed by atoms with Gasteiger partial charge < -0.3 is 15.5 Å². The highest BCUT2D eigenvalue weighted by molar-refractivity contribution is 6.31. The molecule has 0 radical (unpaired) electrons. The summed E-state index contributed by atoms with van der Waals surface area (Å²) >= 11 is 5.75. The highest BCUT2D eigenvalue weighted by atomic mass is 35.5. The second-order valence-electron chi connectivity index (χ2n) is 4.87. The van der Waals surface area contributed by atoms with Crippen molar-refractivity contribution in [3.05, 3.63) is 71.2 Å². The van der Waals surface area contributed by atoms with Crippen LogP contribution in [-0.4, -0.2) is 5.91 Å². The Morgan fingerprint density at radius 1 is 1.13 bits per heavy atom. The molecule has 0 bridgehead atoms. The lowest BCUT2D eigenvalue weighted by Crippen LogP contribution is -2.10. The Balaban J connectivity index is 1.81. The van der Waals surface area contributed by atoms with Crippen molar-refractivity contribution in [1.82, 2.24) is 0 Å². The highest BCUT2D eigenvalue weighted by Gasteiger charge is 2.13. The molecule has 0 spiro atoms. The quantitative estimate of drug-likeness (QED) is 0.691. The summed E-state index contributed by atoms with van der Waals surface area (Å²) < 4.78 is 18.7. The minimum Gasteiger partial charge on any atom is -0.451 e. The van der Waals surface area contributed by atoms with Gasteiger partial charge in [-0.1, -0.05) is 17.7 Å². The lowest BCUT2D eigenvalue weighted by molar-refractivity contribution is 0.0997. The van der Waals surface area contributed by atoms with Crippen molar-refractivity contribution in [3.63, 3.8) is 0 Å². The predicted octanol–water partition coefficient (Wildman–Crippen LogP) is 4.57. The van der Waals surface area contributed by atoms with Crippen LogP contribution in [0.1, 0.15) is 10.6 Å². The molecule has 0 fully saturated rings. The molecule has 2 aromatic carbocycles. The third kappa shape index (κ3) is 3.35. The molecule has 0 aliphatic heterocycles. The Bertz CT molecular complexity index is 877. The molecule has 4 nitrogen and oxygen atoms in total. The molecule has 23 heavy (non-hydrogen) atoms. The van der Waals surface area contributed by atoms with Gasteiger partial charge in [-0.15, -0.1) is 0 Å². The molecule has 0 saturated heterocycles. The lowest BCUT2D eigenvalue weighted by Gasteiger charge is -2.04. The number of anilines is 2. The first-order chi connectivity index (χ1) is 11.0. The van der Waals surface area contributed by atoms with E-state index in [2.05, 4.69) is 5.32 Å². The van der Waals surface area contributed by atoms with Crippen LogP contribution >= 0.6 is 11.6 Å². The molecule has 3 N–H and O–H groups in total. The molecule has 6 heteroatoms. The van der Waals surface area contributed by atoms with Crippen molar-refractivity contribution in [3.8, 4) is 11.3 Å². The number of carbonyl (C=O) groups excluding carboxylic acids is 1. The van der Waals surface area contributed by atoms with Gasteiger partial charge in [-0.3, -0.25) is 4.79 Å². The first-order valence-corrected chi connectivity index (χ1v) is 7.13. The summed E-state index contributed by atoms with van der Waals surface area (Å²) in [6.07, 6.45) is 0. The van der Waals surface area contributed by atoms with Gasteiger partial charge in [0.05, 0.1) is 5.02 Å². The Kier molecular flexibility index (Phi) is 4.04. The number of benzene rings is 2. The van der Waals surface area contributed by atoms with Crippen LogP contribution in [0.2, 0.25) is 5.02 Å². The van der Waals surface area contributed by atoms with Gasteiger partial charge in [-0.05, 0) is 48.5 Å². The van der Waals surface area contributed by atoms with E-state index in [9.17, 15) is 9.18 Å². The second kappa shape index (κ2) is 6.14. The smallest absolute Gasteiger partial charge is 0.291 e. The average Bonchev–Trinajstić information content (AvgIpc) is 3.00. The van der Waals surface area contributed by atoms with Crippen LogP contribution in [0.25, 0.3) is 11.3 Å². The molecule has 0 aliphatic rings. The first-order valence-electron chi connectivity index (χ1n) is 6.75. The van der Waals surface area contributed by atoms with Gasteiger partial charge in [-0.25, -0.2) is 4.39 Å². The van der Waals surface area contributed by atoms with Crippen molar-refractivity contribution in [2.75, 3.05) is 11.1 Å². The molecule has 3 rings (SSSR count). The molecule has 0 unspecified atom stereocenters. The predicted molar refractivity (Wildman–Crippen MR) is 87.9 cm³/mol. The van der Waals surface area contributed by atoms with E-state index in [1.165, 1.54) is 24.3 Å². The number of rotatable bonds is 3. The average molecular weight is 331 g/mol. The van der Waals surface area contributed by atoms with E-state index in [4.69, 9.17) is 21.8 Å². The van der Waals surface area contributed by atoms with E-state index in [0.717, 1.165) is 0 Å². The summed E-state index contributed by atoms with van der Waals surface area (Å²) in [5.41, 5.74) is 7.36. The van der Waals surface area contributed by atoms with Crippen LogP contribution in [0.15, 0.2) is 59.0 Å². The largest absolute Gasteiger partial charge is 0.451 e. The maximum Gasteiger partial charge on any atom is 0.291 e. The van der Waals surface area contributed by atoms with Crippen LogP contribution < -0.4 is 11.1 Å². The molecule has 116 valence electrons. The molecule has 0 saturated carbocycles. The lowest BCUT2D eigenvalue weighted by atomic mass is 10.2. The third-order valence-electron chi connectivity index (χ3n) is 3.18. The monoisotopic (exact) mass is 330 g/mol. The highest BCUT2D eigenvalue weighted by Crippen LogP contribution is 2.27. The number of hydrogen-bond acceptors (Lipinski definition) is 3. The fraction of sp³-hybridized carbons (Fsp3) is 0. The van der Waals surface area contributed by atoms with Crippen LogP contribution in [0, 0.1) is 5.82 Å². The fourth-order valence-electron chi connectivity index (χ4n) is 2.07. The Morgan fingerprint density at radius 3 is 2.70 bits per heavy atom. The standard InChI is InChI=1S/C17H12ClFN2O2/c18-13-8-10(4-5-14(13)19)15-6-7-16(23-15)17(22)21-12-3-1-2-11(20)9-12/h1-9H,20H2,(H,21,22). The van der Waals surface area contributed by atoms with Crippen LogP contribution in [0.5, 0.6) is 0 Å². The van der Waals surface area contributed by atoms with Crippen molar-refractivity contribution >= 4 is 28.9 Å². The molecule has 0 atom stereocenters. The third-order valence-corrected chi connectivity index (χ3v) is 3.47. The molecule has 0 aliphatic carbocycles. The van der Waals surface area contributed by atoms with Gasteiger partial charge in [0.25, 0.3) is 5.91 Å². The number of hydrogen-bond donors (Lipinski definition) is 2. The van der Waals surface area contributed by atoms with Crippen LogP contribution in [0.3, 0.4) is 0 Å². The zero-order valence-corrected chi connectivity index (χ0v) is 12.6. The maximum absolute atomic E-state index is 13.2. The zero-order valence-electron chi connectivity index (χ0n) is 11.8. The van der Waals surface area contributed by atoms with E-state index < -0.39 is 11.7 Å². The van der Waals surface area contributed by atoms with E-state index in [1.807, 2.05) is 0 Å². The topological polar surface area (TPSA) is 68.3 Å². The summed E-state index contributed by atoms with van der Waals surface area (Å²) in [5, 5.41) is 2.68. The molecular formula is C17H12ClFN2O2. The second-order valence-corrected chi connectivity index (χ2v) is 5.28. The van der Waals surface area contributed by atoms with E-state index in [1.54, 1.807) is 30.3 Å². The van der Waals surface area contributed by atoms with E-state index in [-0.39, 0.29) is 10.8 Å². The number of carbonyl (C=O) groups is 1. The van der Waals surface area contributed by atoms with Crippen molar-refractivity contribution < 1.29 is 13.6 Å². The van der Waals surface area contributed by atoms with Crippen LogP contribution in [0.4, 0.5) is 15.8 Å². The minimum absolute atomic E-state index is 0.00957. The van der Waals surface area contributed by atoms with Gasteiger partial charge in [0.2, 0.25) is 0 Å². The number of furan rings is 1. The number of nitrogens with one attached hydrogen (secondary N) is 1. The summed E-state index contributed by atoms with van der Waals surface area (Å²) in [4.78, 5) is 12.2. The van der Waals surface area contributed by atoms with Crippen molar-refractivity contribution in [1.29, 1.82) is 0 Å². The molecule has 1 amide bonds. The van der Waals surface area contributed by atoms with Gasteiger partial charge in [0.15, 0.2) is 5.76 Å². The van der Waals surface area contributed by atoms with Crippen LogP contribution in [-0.2, 0) is 0 Å². The molecular weight excluding hydrogens is 319 g/mol.